The second-order valence-corrected chi connectivity index (χ2v) is 6.36. The summed E-state index contributed by atoms with van der Waals surface area (Å²) in [5.41, 5.74) is 3.21. The van der Waals surface area contributed by atoms with Crippen LogP contribution in [0.1, 0.15) is 6.42 Å². The number of hydrogen-bond acceptors (Lipinski definition) is 5. The number of carbonyl (C=O) groups excluding carboxylic acids is 2. The Bertz CT molecular complexity index is 662. The molecule has 0 aromatic heterocycles. The molecule has 2 saturated heterocycles. The maximum atomic E-state index is 12.0. The van der Waals surface area contributed by atoms with Gasteiger partial charge in [0.1, 0.15) is 0 Å². The molecular formula is C16H21N5O2. The van der Waals surface area contributed by atoms with Crippen molar-refractivity contribution in [2.24, 2.45) is 0 Å². The molecule has 0 bridgehead atoms. The minimum absolute atomic E-state index is 0.204. The Morgan fingerprint density at radius 1 is 1.17 bits per heavy atom. The minimum atomic E-state index is -0.334. The average molecular weight is 315 g/mol. The van der Waals surface area contributed by atoms with Gasteiger partial charge in [0.15, 0.2) is 0 Å². The van der Waals surface area contributed by atoms with Gasteiger partial charge >= 0.3 is 6.03 Å². The zero-order valence-corrected chi connectivity index (χ0v) is 13.2. The molecule has 3 aliphatic heterocycles. The number of nitrogens with one attached hydrogen (secondary N) is 2. The van der Waals surface area contributed by atoms with Gasteiger partial charge in [0.2, 0.25) is 5.91 Å². The van der Waals surface area contributed by atoms with E-state index in [9.17, 15) is 9.59 Å². The van der Waals surface area contributed by atoms with E-state index >= 15 is 0 Å². The van der Waals surface area contributed by atoms with E-state index in [4.69, 9.17) is 0 Å². The molecule has 1 aromatic rings. The molecule has 4 rings (SSSR count). The van der Waals surface area contributed by atoms with Gasteiger partial charge in [-0.3, -0.25) is 15.0 Å². The average Bonchev–Trinajstić information content (AvgIpc) is 2.55. The van der Waals surface area contributed by atoms with Gasteiger partial charge in [0, 0.05) is 51.9 Å². The summed E-state index contributed by atoms with van der Waals surface area (Å²) < 4.78 is 0. The molecule has 2 N–H and O–H groups in total. The van der Waals surface area contributed by atoms with E-state index in [1.165, 1.54) is 5.69 Å². The van der Waals surface area contributed by atoms with Crippen LogP contribution in [0.15, 0.2) is 18.2 Å². The second-order valence-electron chi connectivity index (χ2n) is 6.36. The van der Waals surface area contributed by atoms with E-state index in [2.05, 4.69) is 39.6 Å². The molecule has 7 heteroatoms. The summed E-state index contributed by atoms with van der Waals surface area (Å²) in [6.45, 7) is 4.40. The van der Waals surface area contributed by atoms with E-state index in [0.29, 0.717) is 19.0 Å². The summed E-state index contributed by atoms with van der Waals surface area (Å²) in [6, 6.07) is 6.29. The summed E-state index contributed by atoms with van der Waals surface area (Å²) in [5, 5.41) is 5.83. The number of piperazine rings is 1. The maximum Gasteiger partial charge on any atom is 0.328 e. The van der Waals surface area contributed by atoms with Crippen molar-refractivity contribution in [2.45, 2.75) is 12.5 Å². The van der Waals surface area contributed by atoms with Gasteiger partial charge in [-0.15, -0.1) is 0 Å². The number of anilines is 3. The van der Waals surface area contributed by atoms with Gasteiger partial charge in [0.25, 0.3) is 0 Å². The zero-order valence-electron chi connectivity index (χ0n) is 13.2. The molecule has 1 unspecified atom stereocenters. The van der Waals surface area contributed by atoms with Crippen molar-refractivity contribution < 1.29 is 9.59 Å². The highest BCUT2D eigenvalue weighted by molar-refractivity contribution is 6.06. The van der Waals surface area contributed by atoms with Crippen molar-refractivity contribution in [3.63, 3.8) is 0 Å². The van der Waals surface area contributed by atoms with Crippen molar-refractivity contribution in [3.8, 4) is 0 Å². The second kappa shape index (κ2) is 5.42. The van der Waals surface area contributed by atoms with Crippen LogP contribution in [0.5, 0.6) is 0 Å². The lowest BCUT2D eigenvalue weighted by molar-refractivity contribution is -0.120. The maximum absolute atomic E-state index is 12.0. The van der Waals surface area contributed by atoms with Gasteiger partial charge in [-0.1, -0.05) is 0 Å². The molecule has 0 radical (unpaired) electrons. The van der Waals surface area contributed by atoms with Gasteiger partial charge in [-0.2, -0.15) is 0 Å². The Labute approximate surface area is 135 Å². The lowest BCUT2D eigenvalue weighted by Crippen LogP contribution is -2.58. The number of benzene rings is 1. The van der Waals surface area contributed by atoms with Gasteiger partial charge in [-0.25, -0.2) is 4.79 Å². The number of fused-ring (bicyclic) bond motifs is 3. The quantitative estimate of drug-likeness (QED) is 0.783. The van der Waals surface area contributed by atoms with Crippen LogP contribution >= 0.6 is 0 Å². The molecule has 0 saturated carbocycles. The third kappa shape index (κ3) is 2.41. The fourth-order valence-electron chi connectivity index (χ4n) is 3.69. The third-order valence-electron chi connectivity index (χ3n) is 4.88. The standard InChI is InChI=1S/C16H21N5O2/c1-19-10-12-9-17-5-7-20(12)13-3-2-11(8-14(13)19)21-6-4-15(22)18-16(21)23/h2-3,8,12,17H,4-7,9-10H2,1H3,(H,18,22,23). The van der Waals surface area contributed by atoms with Crippen molar-refractivity contribution in [1.82, 2.24) is 10.6 Å². The van der Waals surface area contributed by atoms with Crippen LogP contribution in [-0.2, 0) is 4.79 Å². The number of hydrogen-bond donors (Lipinski definition) is 2. The summed E-state index contributed by atoms with van der Waals surface area (Å²) in [5.74, 6) is -0.204. The Kier molecular flexibility index (Phi) is 3.37. The summed E-state index contributed by atoms with van der Waals surface area (Å²) in [7, 11) is 2.09. The first-order valence-corrected chi connectivity index (χ1v) is 8.07. The first-order valence-electron chi connectivity index (χ1n) is 8.07. The van der Waals surface area contributed by atoms with Crippen molar-refractivity contribution in [3.05, 3.63) is 18.2 Å². The van der Waals surface area contributed by atoms with Crippen LogP contribution in [0.4, 0.5) is 21.9 Å². The van der Waals surface area contributed by atoms with Crippen molar-refractivity contribution >= 4 is 29.0 Å². The van der Waals surface area contributed by atoms with Crippen LogP contribution in [-0.4, -0.2) is 57.8 Å². The topological polar surface area (TPSA) is 67.9 Å². The highest BCUT2D eigenvalue weighted by Crippen LogP contribution is 2.38. The van der Waals surface area contributed by atoms with Crippen molar-refractivity contribution in [1.29, 1.82) is 0 Å². The molecule has 1 aromatic carbocycles. The lowest BCUT2D eigenvalue weighted by atomic mass is 10.0. The molecule has 7 nitrogen and oxygen atoms in total. The molecule has 0 spiro atoms. The van der Waals surface area contributed by atoms with Gasteiger partial charge in [-0.05, 0) is 18.2 Å². The Hall–Kier alpha value is -2.28. The van der Waals surface area contributed by atoms with E-state index in [0.717, 1.165) is 37.6 Å². The van der Waals surface area contributed by atoms with Crippen LogP contribution in [0.3, 0.4) is 0 Å². The molecular weight excluding hydrogens is 294 g/mol. The third-order valence-corrected chi connectivity index (χ3v) is 4.88. The zero-order chi connectivity index (χ0) is 16.0. The summed E-state index contributed by atoms with van der Waals surface area (Å²) in [4.78, 5) is 29.7. The molecule has 0 aliphatic carbocycles. The summed E-state index contributed by atoms with van der Waals surface area (Å²) in [6.07, 6.45) is 0.346. The normalized spacial score (nSPS) is 24.2. The molecule has 1 atom stereocenters. The van der Waals surface area contributed by atoms with E-state index < -0.39 is 0 Å². The van der Waals surface area contributed by atoms with E-state index in [-0.39, 0.29) is 11.9 Å². The van der Waals surface area contributed by atoms with E-state index in [1.54, 1.807) is 4.90 Å². The van der Waals surface area contributed by atoms with Crippen molar-refractivity contribution in [2.75, 3.05) is 54.5 Å². The largest absolute Gasteiger partial charge is 0.371 e. The monoisotopic (exact) mass is 315 g/mol. The number of amides is 3. The number of nitrogens with zero attached hydrogens (tertiary/aromatic N) is 3. The number of carbonyl (C=O) groups is 2. The Balaban J connectivity index is 1.67. The van der Waals surface area contributed by atoms with Crippen LogP contribution in [0, 0.1) is 0 Å². The predicted molar refractivity (Wildman–Crippen MR) is 89.2 cm³/mol. The highest BCUT2D eigenvalue weighted by Gasteiger charge is 2.32. The Morgan fingerprint density at radius 2 is 2.04 bits per heavy atom. The molecule has 2 fully saturated rings. The smallest absolute Gasteiger partial charge is 0.328 e. The fraction of sp³-hybridized carbons (Fsp3) is 0.500. The van der Waals surface area contributed by atoms with Crippen LogP contribution in [0.2, 0.25) is 0 Å². The first kappa shape index (κ1) is 14.3. The first-order chi connectivity index (χ1) is 11.1. The molecule has 23 heavy (non-hydrogen) atoms. The fourth-order valence-corrected chi connectivity index (χ4v) is 3.69. The molecule has 122 valence electrons. The number of likely N-dealkylation sites (N-methyl/N-ethyl adjacent to an activating group) is 1. The molecule has 3 heterocycles. The number of urea groups is 1. The minimum Gasteiger partial charge on any atom is -0.371 e. The van der Waals surface area contributed by atoms with E-state index in [1.807, 2.05) is 6.07 Å². The molecule has 3 amide bonds. The van der Waals surface area contributed by atoms with Crippen LogP contribution < -0.4 is 25.3 Å². The molecule has 3 aliphatic rings. The van der Waals surface area contributed by atoms with Gasteiger partial charge < -0.3 is 15.1 Å². The SMILES string of the molecule is CN1CC2CNCCN2c2ccc(N3CCC(=O)NC3=O)cc21. The number of rotatable bonds is 1. The van der Waals surface area contributed by atoms with Gasteiger partial charge in [0.05, 0.1) is 17.4 Å². The Morgan fingerprint density at radius 3 is 2.87 bits per heavy atom. The van der Waals surface area contributed by atoms with Crippen LogP contribution in [0.25, 0.3) is 0 Å². The lowest BCUT2D eigenvalue weighted by Gasteiger charge is -2.46. The predicted octanol–water partition coefficient (Wildman–Crippen LogP) is 0.361. The summed E-state index contributed by atoms with van der Waals surface area (Å²) >= 11 is 0. The number of imide groups is 1. The highest BCUT2D eigenvalue weighted by atomic mass is 16.2.